The van der Waals surface area contributed by atoms with Crippen LogP contribution in [0, 0.1) is 13.8 Å². The van der Waals surface area contributed by atoms with E-state index in [-0.39, 0.29) is 0 Å². The van der Waals surface area contributed by atoms with Crippen LogP contribution in [0.4, 0.5) is 0 Å². The van der Waals surface area contributed by atoms with Gasteiger partial charge in [-0.25, -0.2) is 0 Å². The first-order valence-electron chi connectivity index (χ1n) is 6.66. The predicted molar refractivity (Wildman–Crippen MR) is 72.6 cm³/mol. The molecule has 0 unspecified atom stereocenters. The third-order valence-electron chi connectivity index (χ3n) is 3.69. The SMILES string of the molecule is Cc1ccc(CNCC2(O)CCOCC2)c(C)c1. The van der Waals surface area contributed by atoms with Crippen molar-refractivity contribution in [3.63, 3.8) is 0 Å². The maximum absolute atomic E-state index is 10.3. The molecule has 2 N–H and O–H groups in total. The highest BCUT2D eigenvalue weighted by Crippen LogP contribution is 2.19. The van der Waals surface area contributed by atoms with Crippen molar-refractivity contribution >= 4 is 0 Å². The molecule has 1 heterocycles. The molecule has 1 aromatic carbocycles. The van der Waals surface area contributed by atoms with Gasteiger partial charge in [-0.2, -0.15) is 0 Å². The molecular weight excluding hydrogens is 226 g/mol. The lowest BCUT2D eigenvalue weighted by molar-refractivity contribution is -0.0617. The first kappa shape index (κ1) is 13.5. The number of aliphatic hydroxyl groups is 1. The van der Waals surface area contributed by atoms with Crippen LogP contribution < -0.4 is 5.32 Å². The van der Waals surface area contributed by atoms with Crippen LogP contribution in [0.1, 0.15) is 29.5 Å². The second-order valence-electron chi connectivity index (χ2n) is 5.37. The van der Waals surface area contributed by atoms with Gasteiger partial charge in [-0.05, 0) is 25.0 Å². The fourth-order valence-corrected chi connectivity index (χ4v) is 2.40. The molecule has 3 nitrogen and oxygen atoms in total. The number of hydrogen-bond acceptors (Lipinski definition) is 3. The Hall–Kier alpha value is -0.900. The van der Waals surface area contributed by atoms with E-state index in [1.807, 2.05) is 0 Å². The zero-order valence-electron chi connectivity index (χ0n) is 11.3. The summed E-state index contributed by atoms with van der Waals surface area (Å²) in [5.41, 5.74) is 3.31. The molecule has 0 radical (unpaired) electrons. The van der Waals surface area contributed by atoms with Gasteiger partial charge in [0, 0.05) is 39.1 Å². The number of nitrogens with one attached hydrogen (secondary N) is 1. The second-order valence-corrected chi connectivity index (χ2v) is 5.37. The van der Waals surface area contributed by atoms with Gasteiger partial charge < -0.3 is 15.2 Å². The Morgan fingerprint density at radius 1 is 1.28 bits per heavy atom. The zero-order valence-corrected chi connectivity index (χ0v) is 11.3. The second kappa shape index (κ2) is 5.83. The van der Waals surface area contributed by atoms with E-state index in [0.717, 1.165) is 19.4 Å². The molecule has 0 saturated carbocycles. The minimum absolute atomic E-state index is 0.586. The fourth-order valence-electron chi connectivity index (χ4n) is 2.40. The highest BCUT2D eigenvalue weighted by atomic mass is 16.5. The molecule has 2 rings (SSSR count). The van der Waals surface area contributed by atoms with Crippen LogP contribution in [0.15, 0.2) is 18.2 Å². The fraction of sp³-hybridized carbons (Fsp3) is 0.600. The van der Waals surface area contributed by atoms with Gasteiger partial charge in [0.15, 0.2) is 0 Å². The Bertz CT molecular complexity index is 397. The highest BCUT2D eigenvalue weighted by Gasteiger charge is 2.29. The van der Waals surface area contributed by atoms with Crippen molar-refractivity contribution in [2.24, 2.45) is 0 Å². The predicted octanol–water partition coefficient (Wildman–Crippen LogP) is 1.93. The summed E-state index contributed by atoms with van der Waals surface area (Å²) in [7, 11) is 0. The summed E-state index contributed by atoms with van der Waals surface area (Å²) in [4.78, 5) is 0. The lowest BCUT2D eigenvalue weighted by Crippen LogP contribution is -2.44. The number of hydrogen-bond donors (Lipinski definition) is 2. The Morgan fingerprint density at radius 2 is 2.00 bits per heavy atom. The van der Waals surface area contributed by atoms with Crippen molar-refractivity contribution in [2.45, 2.75) is 38.8 Å². The smallest absolute Gasteiger partial charge is 0.0815 e. The molecule has 0 spiro atoms. The quantitative estimate of drug-likeness (QED) is 0.857. The van der Waals surface area contributed by atoms with Crippen molar-refractivity contribution in [3.8, 4) is 0 Å². The third-order valence-corrected chi connectivity index (χ3v) is 3.69. The average Bonchev–Trinajstić information content (AvgIpc) is 2.33. The molecule has 0 bridgehead atoms. The summed E-state index contributed by atoms with van der Waals surface area (Å²) in [5.74, 6) is 0. The number of ether oxygens (including phenoxy) is 1. The standard InChI is InChI=1S/C15H23NO2/c1-12-3-4-14(13(2)9-12)10-16-11-15(17)5-7-18-8-6-15/h3-4,9,16-17H,5-8,10-11H2,1-2H3. The summed E-state index contributed by atoms with van der Waals surface area (Å²) in [6.07, 6.45) is 1.46. The summed E-state index contributed by atoms with van der Waals surface area (Å²) < 4.78 is 5.27. The molecule has 1 aliphatic heterocycles. The highest BCUT2D eigenvalue weighted by molar-refractivity contribution is 5.30. The van der Waals surface area contributed by atoms with Crippen LogP contribution in [-0.4, -0.2) is 30.5 Å². The van der Waals surface area contributed by atoms with Gasteiger partial charge in [-0.1, -0.05) is 23.8 Å². The van der Waals surface area contributed by atoms with Gasteiger partial charge in [0.05, 0.1) is 5.60 Å². The molecule has 0 atom stereocenters. The number of rotatable bonds is 4. The van der Waals surface area contributed by atoms with Gasteiger partial charge >= 0.3 is 0 Å². The summed E-state index contributed by atoms with van der Waals surface area (Å²) in [6, 6.07) is 6.49. The van der Waals surface area contributed by atoms with Crippen molar-refractivity contribution in [3.05, 3.63) is 34.9 Å². The van der Waals surface area contributed by atoms with E-state index in [1.54, 1.807) is 0 Å². The monoisotopic (exact) mass is 249 g/mol. The van der Waals surface area contributed by atoms with E-state index in [1.165, 1.54) is 16.7 Å². The summed E-state index contributed by atoms with van der Waals surface area (Å²) >= 11 is 0. The van der Waals surface area contributed by atoms with Gasteiger partial charge in [-0.3, -0.25) is 0 Å². The normalized spacial score (nSPS) is 18.8. The van der Waals surface area contributed by atoms with E-state index in [2.05, 4.69) is 37.4 Å². The molecule has 18 heavy (non-hydrogen) atoms. The van der Waals surface area contributed by atoms with E-state index in [0.29, 0.717) is 19.8 Å². The third kappa shape index (κ3) is 3.55. The molecule has 0 amide bonds. The van der Waals surface area contributed by atoms with Crippen molar-refractivity contribution in [1.82, 2.24) is 5.32 Å². The minimum Gasteiger partial charge on any atom is -0.388 e. The first-order valence-corrected chi connectivity index (χ1v) is 6.66. The van der Waals surface area contributed by atoms with Crippen LogP contribution in [0.3, 0.4) is 0 Å². The molecule has 1 aliphatic rings. The topological polar surface area (TPSA) is 41.5 Å². The van der Waals surface area contributed by atoms with E-state index in [4.69, 9.17) is 4.74 Å². The van der Waals surface area contributed by atoms with Crippen LogP contribution in [0.2, 0.25) is 0 Å². The van der Waals surface area contributed by atoms with Crippen molar-refractivity contribution < 1.29 is 9.84 Å². The van der Waals surface area contributed by atoms with Gasteiger partial charge in [0.1, 0.15) is 0 Å². The summed E-state index contributed by atoms with van der Waals surface area (Å²) in [5, 5.41) is 13.7. The van der Waals surface area contributed by atoms with Crippen LogP contribution in [0.25, 0.3) is 0 Å². The van der Waals surface area contributed by atoms with Crippen molar-refractivity contribution in [1.29, 1.82) is 0 Å². The van der Waals surface area contributed by atoms with Crippen molar-refractivity contribution in [2.75, 3.05) is 19.8 Å². The lowest BCUT2D eigenvalue weighted by Gasteiger charge is -2.32. The lowest BCUT2D eigenvalue weighted by atomic mass is 9.94. The zero-order chi connectivity index (χ0) is 13.0. The molecule has 1 saturated heterocycles. The molecule has 1 fully saturated rings. The largest absolute Gasteiger partial charge is 0.388 e. The van der Waals surface area contributed by atoms with E-state index < -0.39 is 5.60 Å². The molecule has 1 aromatic rings. The Labute approximate surface area is 109 Å². The first-order chi connectivity index (χ1) is 8.59. The van der Waals surface area contributed by atoms with Gasteiger partial charge in [0.2, 0.25) is 0 Å². The minimum atomic E-state index is -0.586. The van der Waals surface area contributed by atoms with Crippen LogP contribution in [-0.2, 0) is 11.3 Å². The number of benzene rings is 1. The Kier molecular flexibility index (Phi) is 4.38. The van der Waals surface area contributed by atoms with Gasteiger partial charge in [0.25, 0.3) is 0 Å². The van der Waals surface area contributed by atoms with Crippen LogP contribution in [0.5, 0.6) is 0 Å². The molecule has 0 aromatic heterocycles. The molecule has 100 valence electrons. The molecule has 0 aliphatic carbocycles. The maximum Gasteiger partial charge on any atom is 0.0815 e. The maximum atomic E-state index is 10.3. The molecular formula is C15H23NO2. The Morgan fingerprint density at radius 3 is 2.67 bits per heavy atom. The Balaban J connectivity index is 1.84. The summed E-state index contributed by atoms with van der Waals surface area (Å²) in [6.45, 7) is 7.03. The van der Waals surface area contributed by atoms with Gasteiger partial charge in [-0.15, -0.1) is 0 Å². The number of aryl methyl sites for hydroxylation is 2. The molecule has 3 heteroatoms. The van der Waals surface area contributed by atoms with Crippen LogP contribution >= 0.6 is 0 Å². The average molecular weight is 249 g/mol. The van der Waals surface area contributed by atoms with E-state index in [9.17, 15) is 5.11 Å². The van der Waals surface area contributed by atoms with E-state index >= 15 is 0 Å².